The average molecular weight is 363 g/mol. The number of hydrogen-bond acceptors (Lipinski definition) is 7. The number of hydrogen-bond donors (Lipinski definition) is 1. The number of nitrogens with two attached hydrogens (primary N) is 1. The van der Waals surface area contributed by atoms with E-state index in [4.69, 9.17) is 26.8 Å². The Morgan fingerprint density at radius 3 is 2.72 bits per heavy atom. The number of nitrogens with zero attached hydrogens (tertiary/aromatic N) is 3. The van der Waals surface area contributed by atoms with Gasteiger partial charge in [0.1, 0.15) is 6.10 Å². The number of esters is 1. The zero-order valence-electron chi connectivity index (χ0n) is 14.0. The Bertz CT molecular complexity index is 769. The van der Waals surface area contributed by atoms with Crippen molar-refractivity contribution in [2.45, 2.75) is 19.1 Å². The van der Waals surface area contributed by atoms with Crippen LogP contribution in [0.5, 0.6) is 0 Å². The van der Waals surface area contributed by atoms with Crippen LogP contribution in [-0.2, 0) is 9.47 Å². The first-order valence-corrected chi connectivity index (χ1v) is 8.23. The Kier molecular flexibility index (Phi) is 5.06. The highest BCUT2D eigenvalue weighted by Crippen LogP contribution is 2.31. The van der Waals surface area contributed by atoms with E-state index in [1.54, 1.807) is 18.2 Å². The van der Waals surface area contributed by atoms with Crippen molar-refractivity contribution in [3.05, 3.63) is 46.6 Å². The van der Waals surface area contributed by atoms with Crippen molar-refractivity contribution in [1.29, 1.82) is 0 Å². The number of ether oxygens (including phenoxy) is 2. The summed E-state index contributed by atoms with van der Waals surface area (Å²) < 4.78 is 10.8. The van der Waals surface area contributed by atoms with Gasteiger partial charge in [0.15, 0.2) is 11.0 Å². The summed E-state index contributed by atoms with van der Waals surface area (Å²) >= 11 is 5.96. The maximum absolute atomic E-state index is 11.6. The van der Waals surface area contributed by atoms with Crippen LogP contribution in [0, 0.1) is 0 Å². The summed E-state index contributed by atoms with van der Waals surface area (Å²) in [5.74, 6) is -0.0327. The zero-order valence-corrected chi connectivity index (χ0v) is 14.7. The summed E-state index contributed by atoms with van der Waals surface area (Å²) in [6.45, 7) is 3.26. The molecule has 132 valence electrons. The summed E-state index contributed by atoms with van der Waals surface area (Å²) in [5.41, 5.74) is 8.16. The number of rotatable bonds is 3. The van der Waals surface area contributed by atoms with E-state index in [0.717, 1.165) is 11.3 Å². The van der Waals surface area contributed by atoms with Gasteiger partial charge in [-0.2, -0.15) is 0 Å². The fraction of sp³-hybridized carbons (Fsp3) is 0.353. The van der Waals surface area contributed by atoms with Crippen molar-refractivity contribution in [2.24, 2.45) is 0 Å². The van der Waals surface area contributed by atoms with Crippen molar-refractivity contribution in [3.63, 3.8) is 0 Å². The van der Waals surface area contributed by atoms with Crippen molar-refractivity contribution < 1.29 is 14.3 Å². The Morgan fingerprint density at radius 2 is 2.04 bits per heavy atom. The van der Waals surface area contributed by atoms with Crippen LogP contribution in [0.15, 0.2) is 30.3 Å². The first-order valence-electron chi connectivity index (χ1n) is 7.85. The molecule has 1 saturated heterocycles. The van der Waals surface area contributed by atoms with E-state index in [2.05, 4.69) is 15.1 Å². The van der Waals surface area contributed by atoms with Crippen molar-refractivity contribution in [1.82, 2.24) is 10.2 Å². The number of carbonyl (C=O) groups excluding carboxylic acids is 1. The van der Waals surface area contributed by atoms with E-state index in [0.29, 0.717) is 29.6 Å². The quantitative estimate of drug-likeness (QED) is 0.838. The molecule has 1 fully saturated rings. The highest BCUT2D eigenvalue weighted by molar-refractivity contribution is 6.29. The molecule has 8 heteroatoms. The molecule has 0 saturated carbocycles. The van der Waals surface area contributed by atoms with Crippen molar-refractivity contribution >= 4 is 29.1 Å². The molecule has 0 unspecified atom stereocenters. The Morgan fingerprint density at radius 1 is 1.32 bits per heavy atom. The second kappa shape index (κ2) is 7.25. The number of benzene rings is 1. The Hall–Kier alpha value is -2.38. The topological polar surface area (TPSA) is 90.6 Å². The van der Waals surface area contributed by atoms with Crippen LogP contribution in [0.1, 0.15) is 28.9 Å². The second-order valence-electron chi connectivity index (χ2n) is 5.89. The van der Waals surface area contributed by atoms with Gasteiger partial charge in [0.2, 0.25) is 0 Å². The first-order chi connectivity index (χ1) is 12.0. The van der Waals surface area contributed by atoms with E-state index < -0.39 is 0 Å². The van der Waals surface area contributed by atoms with E-state index in [1.165, 1.54) is 7.11 Å². The number of morpholine rings is 1. The van der Waals surface area contributed by atoms with Crippen molar-refractivity contribution in [2.75, 3.05) is 30.8 Å². The van der Waals surface area contributed by atoms with Crippen LogP contribution < -0.4 is 10.6 Å². The summed E-state index contributed by atoms with van der Waals surface area (Å²) in [6, 6.07) is 8.91. The molecule has 0 radical (unpaired) electrons. The number of aromatic nitrogens is 2. The molecular formula is C17H19ClN4O3. The number of carbonyl (C=O) groups is 1. The van der Waals surface area contributed by atoms with Gasteiger partial charge in [-0.25, -0.2) is 4.79 Å². The van der Waals surface area contributed by atoms with Gasteiger partial charge in [0.05, 0.1) is 24.5 Å². The molecule has 2 aromatic rings. The van der Waals surface area contributed by atoms with Gasteiger partial charge in [0, 0.05) is 19.2 Å². The maximum Gasteiger partial charge on any atom is 0.337 e. The van der Waals surface area contributed by atoms with Crippen molar-refractivity contribution in [3.8, 4) is 0 Å². The smallest absolute Gasteiger partial charge is 0.337 e. The lowest BCUT2D eigenvalue weighted by molar-refractivity contribution is -0.0173. The molecule has 1 aliphatic heterocycles. The lowest BCUT2D eigenvalue weighted by atomic mass is 10.0. The molecule has 0 aliphatic carbocycles. The molecule has 0 amide bonds. The van der Waals surface area contributed by atoms with Crippen LogP contribution in [0.4, 0.5) is 11.5 Å². The van der Waals surface area contributed by atoms with Gasteiger partial charge in [-0.05, 0) is 24.6 Å². The predicted octanol–water partition coefficient (Wildman–Crippen LogP) is 2.47. The maximum atomic E-state index is 11.6. The van der Waals surface area contributed by atoms with Gasteiger partial charge >= 0.3 is 5.97 Å². The van der Waals surface area contributed by atoms with E-state index >= 15 is 0 Å². The van der Waals surface area contributed by atoms with Gasteiger partial charge in [-0.1, -0.05) is 23.7 Å². The third-order valence-electron chi connectivity index (χ3n) is 4.08. The lowest BCUT2D eigenvalue weighted by Gasteiger charge is -2.38. The largest absolute Gasteiger partial charge is 0.465 e. The molecule has 2 atom stereocenters. The molecule has 0 spiro atoms. The molecule has 7 nitrogen and oxygen atoms in total. The molecule has 1 aliphatic rings. The van der Waals surface area contributed by atoms with Crippen LogP contribution in [-0.4, -0.2) is 42.5 Å². The number of methoxy groups -OCH3 is 1. The molecule has 0 bridgehead atoms. The SMILES string of the molecule is COC(=O)c1ccc([C@H]2CN(c3cc(Cl)nnc3N)C[C@@H](C)O2)cc1. The predicted molar refractivity (Wildman–Crippen MR) is 94.7 cm³/mol. The molecule has 2 heterocycles. The fourth-order valence-corrected chi connectivity index (χ4v) is 3.05. The van der Waals surface area contributed by atoms with Gasteiger partial charge in [-0.3, -0.25) is 0 Å². The van der Waals surface area contributed by atoms with Crippen LogP contribution in [0.3, 0.4) is 0 Å². The monoisotopic (exact) mass is 362 g/mol. The van der Waals surface area contributed by atoms with Crippen LogP contribution in [0.2, 0.25) is 5.15 Å². The number of halogens is 1. The van der Waals surface area contributed by atoms with Crippen LogP contribution in [0.25, 0.3) is 0 Å². The normalized spacial score (nSPS) is 20.4. The molecule has 25 heavy (non-hydrogen) atoms. The molecule has 2 N–H and O–H groups in total. The van der Waals surface area contributed by atoms with Crippen LogP contribution >= 0.6 is 11.6 Å². The summed E-state index contributed by atoms with van der Waals surface area (Å²) in [4.78, 5) is 13.6. The minimum Gasteiger partial charge on any atom is -0.465 e. The summed E-state index contributed by atoms with van der Waals surface area (Å²) in [6.07, 6.45) is -0.174. The minimum atomic E-state index is -0.364. The Labute approximate surface area is 150 Å². The average Bonchev–Trinajstić information content (AvgIpc) is 2.62. The highest BCUT2D eigenvalue weighted by Gasteiger charge is 2.28. The molecule has 1 aromatic carbocycles. The lowest BCUT2D eigenvalue weighted by Crippen LogP contribution is -2.43. The van der Waals surface area contributed by atoms with Gasteiger partial charge in [-0.15, -0.1) is 10.2 Å². The van der Waals surface area contributed by atoms with Gasteiger partial charge < -0.3 is 20.1 Å². The molecule has 3 rings (SSSR count). The summed E-state index contributed by atoms with van der Waals surface area (Å²) in [7, 11) is 1.36. The minimum absolute atomic E-state index is 0.00891. The van der Waals surface area contributed by atoms with E-state index in [-0.39, 0.29) is 18.2 Å². The highest BCUT2D eigenvalue weighted by atomic mass is 35.5. The number of anilines is 2. The molecule has 1 aromatic heterocycles. The first kappa shape index (κ1) is 17.4. The fourth-order valence-electron chi connectivity index (χ4n) is 2.91. The molecular weight excluding hydrogens is 344 g/mol. The van der Waals surface area contributed by atoms with E-state index in [1.807, 2.05) is 19.1 Å². The van der Waals surface area contributed by atoms with Gasteiger partial charge in [0.25, 0.3) is 0 Å². The third kappa shape index (κ3) is 3.83. The zero-order chi connectivity index (χ0) is 18.0. The second-order valence-corrected chi connectivity index (χ2v) is 6.28. The number of nitrogen functional groups attached to an aromatic ring is 1. The van der Waals surface area contributed by atoms with E-state index in [9.17, 15) is 4.79 Å². The standard InChI is InChI=1S/C17H19ClN4O3/c1-10-8-22(13-7-15(18)20-21-16(13)19)9-14(25-10)11-3-5-12(6-4-11)17(23)24-2/h3-7,10,14H,8-9H2,1-2H3,(H2,19,21)/t10-,14-/m1/s1. The Balaban J connectivity index is 1.83. The third-order valence-corrected chi connectivity index (χ3v) is 4.26. The summed E-state index contributed by atoms with van der Waals surface area (Å²) in [5, 5.41) is 7.93.